The molecule has 0 spiro atoms. The Labute approximate surface area is 119 Å². The molecule has 8 heteroatoms. The molecule has 1 aromatic carbocycles. The Morgan fingerprint density at radius 3 is 2.76 bits per heavy atom. The van der Waals surface area contributed by atoms with E-state index in [4.69, 9.17) is 4.74 Å². The number of hydrogen-bond donors (Lipinski definition) is 1. The quantitative estimate of drug-likeness (QED) is 0.671. The molecule has 112 valence electrons. The van der Waals surface area contributed by atoms with Gasteiger partial charge in [0.1, 0.15) is 5.56 Å². The third-order valence-corrected chi connectivity index (χ3v) is 3.34. The predicted molar refractivity (Wildman–Crippen MR) is 69.9 cm³/mol. The Balaban J connectivity index is 2.61. The van der Waals surface area contributed by atoms with E-state index in [-0.39, 0.29) is 29.7 Å². The van der Waals surface area contributed by atoms with Crippen molar-refractivity contribution in [3.8, 4) is 5.75 Å². The lowest BCUT2D eigenvalue weighted by molar-refractivity contribution is -0.385. The van der Waals surface area contributed by atoms with Crippen LogP contribution in [0.4, 0.5) is 10.1 Å². The van der Waals surface area contributed by atoms with Gasteiger partial charge in [-0.05, 0) is 12.8 Å². The van der Waals surface area contributed by atoms with Crippen LogP contribution in [-0.2, 0) is 11.2 Å². The van der Waals surface area contributed by atoms with Crippen molar-refractivity contribution in [2.24, 2.45) is 0 Å². The molecule has 0 radical (unpaired) electrons. The van der Waals surface area contributed by atoms with Crippen LogP contribution < -0.4 is 10.1 Å². The maximum atomic E-state index is 13.8. The van der Waals surface area contributed by atoms with Gasteiger partial charge in [0.2, 0.25) is 5.91 Å². The molecule has 1 N–H and O–H groups in total. The number of hydrogen-bond acceptors (Lipinski definition) is 5. The fourth-order valence-corrected chi connectivity index (χ4v) is 2.53. The summed E-state index contributed by atoms with van der Waals surface area (Å²) in [6.45, 7) is 1.25. The van der Waals surface area contributed by atoms with Crippen molar-refractivity contribution in [1.82, 2.24) is 5.32 Å². The number of Topliss-reactive ketones (excluding diaryl/α,β-unsaturated/α-hetero) is 1. The summed E-state index contributed by atoms with van der Waals surface area (Å²) in [6, 6.07) is -0.171. The van der Waals surface area contributed by atoms with Gasteiger partial charge >= 0.3 is 0 Å². The highest BCUT2D eigenvalue weighted by atomic mass is 19.1. The third-order valence-electron chi connectivity index (χ3n) is 3.34. The predicted octanol–water partition coefficient (Wildman–Crippen LogP) is 1.38. The second kappa shape index (κ2) is 5.47. The minimum absolute atomic E-state index is 0.162. The number of rotatable bonds is 3. The minimum Gasteiger partial charge on any atom is -0.493 e. The molecule has 0 bridgehead atoms. The number of carbonyl (C=O) groups excluding carboxylic acids is 2. The zero-order valence-electron chi connectivity index (χ0n) is 11.4. The largest absolute Gasteiger partial charge is 0.493 e. The molecule has 21 heavy (non-hydrogen) atoms. The first-order valence-corrected chi connectivity index (χ1v) is 6.21. The number of benzene rings is 1. The van der Waals surface area contributed by atoms with Crippen LogP contribution in [0.15, 0.2) is 6.07 Å². The van der Waals surface area contributed by atoms with Gasteiger partial charge in [0, 0.05) is 12.5 Å². The maximum absolute atomic E-state index is 13.8. The summed E-state index contributed by atoms with van der Waals surface area (Å²) in [7, 11) is 1.23. The van der Waals surface area contributed by atoms with Gasteiger partial charge in [-0.25, -0.2) is 4.39 Å². The SMILES string of the molecule is COc1c(F)cc([N+](=O)[O-])c2c1CCC(NC(C)=O)C2=O. The molecule has 2 rings (SSSR count). The van der Waals surface area contributed by atoms with Crippen molar-refractivity contribution in [3.05, 3.63) is 33.1 Å². The second-order valence-electron chi connectivity index (χ2n) is 4.68. The number of ketones is 1. The molecule has 7 nitrogen and oxygen atoms in total. The Hall–Kier alpha value is -2.51. The number of fused-ring (bicyclic) bond motifs is 1. The normalized spacial score (nSPS) is 17.1. The van der Waals surface area contributed by atoms with Crippen LogP contribution in [0.2, 0.25) is 0 Å². The van der Waals surface area contributed by atoms with Crippen molar-refractivity contribution in [1.29, 1.82) is 0 Å². The Bertz CT molecular complexity index is 644. The first kappa shape index (κ1) is 14.9. The number of amides is 1. The number of nitrogens with zero attached hydrogens (tertiary/aromatic N) is 1. The van der Waals surface area contributed by atoms with Crippen LogP contribution in [0, 0.1) is 15.9 Å². The van der Waals surface area contributed by atoms with Crippen molar-refractivity contribution >= 4 is 17.4 Å². The van der Waals surface area contributed by atoms with E-state index < -0.39 is 34.2 Å². The van der Waals surface area contributed by atoms with E-state index >= 15 is 0 Å². The summed E-state index contributed by atoms with van der Waals surface area (Å²) >= 11 is 0. The van der Waals surface area contributed by atoms with E-state index in [1.54, 1.807) is 0 Å². The van der Waals surface area contributed by atoms with Gasteiger partial charge in [0.15, 0.2) is 17.3 Å². The molecule has 1 atom stereocenters. The van der Waals surface area contributed by atoms with E-state index in [1.165, 1.54) is 14.0 Å². The number of nitrogens with one attached hydrogen (secondary N) is 1. The molecule has 1 amide bonds. The molecule has 1 aromatic rings. The third kappa shape index (κ3) is 2.56. The number of carbonyl (C=O) groups is 2. The van der Waals surface area contributed by atoms with Gasteiger partial charge in [-0.1, -0.05) is 0 Å². The topological polar surface area (TPSA) is 98.5 Å². The smallest absolute Gasteiger partial charge is 0.283 e. The Kier molecular flexibility index (Phi) is 3.88. The average molecular weight is 296 g/mol. The molecule has 0 heterocycles. The van der Waals surface area contributed by atoms with Gasteiger partial charge < -0.3 is 10.1 Å². The van der Waals surface area contributed by atoms with E-state index in [0.717, 1.165) is 0 Å². The number of methoxy groups -OCH3 is 1. The summed E-state index contributed by atoms with van der Waals surface area (Å²) in [5, 5.41) is 13.5. The van der Waals surface area contributed by atoms with Crippen LogP contribution >= 0.6 is 0 Å². The fourth-order valence-electron chi connectivity index (χ4n) is 2.53. The monoisotopic (exact) mass is 296 g/mol. The summed E-state index contributed by atoms with van der Waals surface area (Å²) in [6.07, 6.45) is 0.441. The molecular weight excluding hydrogens is 283 g/mol. The summed E-state index contributed by atoms with van der Waals surface area (Å²) in [5.41, 5.74) is -0.623. The molecule has 0 fully saturated rings. The maximum Gasteiger partial charge on any atom is 0.283 e. The average Bonchev–Trinajstić information content (AvgIpc) is 2.40. The lowest BCUT2D eigenvalue weighted by atomic mass is 9.85. The first-order chi connectivity index (χ1) is 9.86. The molecule has 1 aliphatic carbocycles. The van der Waals surface area contributed by atoms with Crippen LogP contribution in [0.25, 0.3) is 0 Å². The highest BCUT2D eigenvalue weighted by Crippen LogP contribution is 2.38. The highest BCUT2D eigenvalue weighted by Gasteiger charge is 2.37. The van der Waals surface area contributed by atoms with Crippen LogP contribution in [-0.4, -0.2) is 29.8 Å². The number of halogens is 1. The standard InChI is InChI=1S/C13H13FN2O5/c1-6(17)15-9-4-3-7-11(12(9)18)10(16(19)20)5-8(14)13(7)21-2/h5,9H,3-4H2,1-2H3,(H,15,17). The van der Waals surface area contributed by atoms with Crippen LogP contribution in [0.3, 0.4) is 0 Å². The van der Waals surface area contributed by atoms with Crippen LogP contribution in [0.1, 0.15) is 29.3 Å². The van der Waals surface area contributed by atoms with Gasteiger partial charge in [0.05, 0.1) is 24.1 Å². The second-order valence-corrected chi connectivity index (χ2v) is 4.68. The molecule has 0 saturated heterocycles. The highest BCUT2D eigenvalue weighted by molar-refractivity contribution is 6.07. The van der Waals surface area contributed by atoms with Gasteiger partial charge in [0.25, 0.3) is 5.69 Å². The molecule has 0 aromatic heterocycles. The van der Waals surface area contributed by atoms with Gasteiger partial charge in [-0.15, -0.1) is 0 Å². The van der Waals surface area contributed by atoms with Crippen molar-refractivity contribution < 1.29 is 23.6 Å². The summed E-state index contributed by atoms with van der Waals surface area (Å²) in [5.74, 6) is -2.05. The molecule has 0 aliphatic heterocycles. The lowest BCUT2D eigenvalue weighted by Gasteiger charge is -2.25. The lowest BCUT2D eigenvalue weighted by Crippen LogP contribution is -2.43. The first-order valence-electron chi connectivity index (χ1n) is 6.21. The van der Waals surface area contributed by atoms with Crippen molar-refractivity contribution in [3.63, 3.8) is 0 Å². The number of nitro benzene ring substituents is 1. The van der Waals surface area contributed by atoms with E-state index in [2.05, 4.69) is 5.32 Å². The summed E-state index contributed by atoms with van der Waals surface area (Å²) in [4.78, 5) is 33.7. The molecule has 1 aliphatic rings. The molecule has 1 unspecified atom stereocenters. The fraction of sp³-hybridized carbons (Fsp3) is 0.385. The van der Waals surface area contributed by atoms with E-state index in [0.29, 0.717) is 6.07 Å². The summed E-state index contributed by atoms with van der Waals surface area (Å²) < 4.78 is 18.7. The molecular formula is C13H13FN2O5. The number of nitro groups is 1. The zero-order chi connectivity index (χ0) is 15.7. The van der Waals surface area contributed by atoms with Crippen molar-refractivity contribution in [2.45, 2.75) is 25.8 Å². The van der Waals surface area contributed by atoms with Gasteiger partial charge in [-0.2, -0.15) is 0 Å². The van der Waals surface area contributed by atoms with E-state index in [9.17, 15) is 24.1 Å². The van der Waals surface area contributed by atoms with Crippen LogP contribution in [0.5, 0.6) is 5.75 Å². The Morgan fingerprint density at radius 2 is 2.24 bits per heavy atom. The minimum atomic E-state index is -0.881. The number of ether oxygens (including phenoxy) is 1. The Morgan fingerprint density at radius 1 is 1.57 bits per heavy atom. The molecule has 0 saturated carbocycles. The van der Waals surface area contributed by atoms with Crippen molar-refractivity contribution in [2.75, 3.05) is 7.11 Å². The van der Waals surface area contributed by atoms with Gasteiger partial charge in [-0.3, -0.25) is 19.7 Å². The van der Waals surface area contributed by atoms with E-state index in [1.807, 2.05) is 0 Å². The zero-order valence-corrected chi connectivity index (χ0v) is 11.4.